The molecule has 2 aromatic rings. The minimum Gasteiger partial charge on any atom is -0.478 e. The van der Waals surface area contributed by atoms with Crippen LogP contribution in [0.4, 0.5) is 11.4 Å². The van der Waals surface area contributed by atoms with Gasteiger partial charge in [-0.2, -0.15) is 0 Å². The zero-order chi connectivity index (χ0) is 16.6. The van der Waals surface area contributed by atoms with Crippen LogP contribution in [0.2, 0.25) is 0 Å². The van der Waals surface area contributed by atoms with Gasteiger partial charge in [0.25, 0.3) is 11.4 Å². The predicted octanol–water partition coefficient (Wildman–Crippen LogP) is 2.05. The van der Waals surface area contributed by atoms with Gasteiger partial charge in [0.2, 0.25) is 0 Å². The normalized spacial score (nSPS) is 9.50. The van der Waals surface area contributed by atoms with Gasteiger partial charge in [-0.15, -0.1) is 0 Å². The van der Waals surface area contributed by atoms with Crippen LogP contribution in [0.1, 0.15) is 20.7 Å². The minimum absolute atomic E-state index is 0. The van der Waals surface area contributed by atoms with Crippen LogP contribution in [-0.4, -0.2) is 32.0 Å². The van der Waals surface area contributed by atoms with Crippen LogP contribution in [0.5, 0.6) is 0 Å². The molecule has 0 saturated heterocycles. The van der Waals surface area contributed by atoms with Crippen LogP contribution in [0.15, 0.2) is 24.3 Å². The first-order chi connectivity index (χ1) is 10.3. The van der Waals surface area contributed by atoms with E-state index in [0.29, 0.717) is 0 Å². The van der Waals surface area contributed by atoms with E-state index in [2.05, 4.69) is 0 Å². The van der Waals surface area contributed by atoms with Gasteiger partial charge >= 0.3 is 11.9 Å². The largest absolute Gasteiger partial charge is 0.478 e. The van der Waals surface area contributed by atoms with Gasteiger partial charge in [-0.05, 0) is 12.1 Å². The van der Waals surface area contributed by atoms with Crippen LogP contribution in [-0.2, 0) is 44.8 Å². The smallest absolute Gasteiger partial charge is 0.336 e. The molecule has 0 saturated carbocycles. The molecule has 24 heavy (non-hydrogen) atoms. The number of nitro benzene ring substituents is 2. The van der Waals surface area contributed by atoms with E-state index in [1.165, 1.54) is 0 Å². The molecular formula is C12H6Ag2N2O8. The molecular weight excluding hydrogens is 516 g/mol. The van der Waals surface area contributed by atoms with Crippen molar-refractivity contribution in [3.8, 4) is 0 Å². The van der Waals surface area contributed by atoms with Crippen molar-refractivity contribution in [1.82, 2.24) is 0 Å². The fourth-order valence-electron chi connectivity index (χ4n) is 2.12. The number of carboxylic acid groups (broad SMARTS) is 2. The Morgan fingerprint density at radius 1 is 0.750 bits per heavy atom. The summed E-state index contributed by atoms with van der Waals surface area (Å²) in [7, 11) is 0. The van der Waals surface area contributed by atoms with Crippen LogP contribution < -0.4 is 0 Å². The summed E-state index contributed by atoms with van der Waals surface area (Å²) in [6.45, 7) is 0. The molecule has 2 rings (SSSR count). The third-order valence-corrected chi connectivity index (χ3v) is 2.97. The molecule has 0 heterocycles. The number of benzene rings is 2. The van der Waals surface area contributed by atoms with Crippen molar-refractivity contribution in [2.45, 2.75) is 0 Å². The van der Waals surface area contributed by atoms with Crippen molar-refractivity contribution >= 4 is 34.1 Å². The van der Waals surface area contributed by atoms with Crippen LogP contribution >= 0.6 is 0 Å². The molecule has 134 valence electrons. The number of carbonyl (C=O) groups is 2. The summed E-state index contributed by atoms with van der Waals surface area (Å²) < 4.78 is 0. The number of hydrogen-bond acceptors (Lipinski definition) is 6. The van der Waals surface area contributed by atoms with Gasteiger partial charge in [-0.3, -0.25) is 20.2 Å². The zero-order valence-corrected chi connectivity index (χ0v) is 14.1. The Kier molecular flexibility index (Phi) is 7.44. The fourth-order valence-corrected chi connectivity index (χ4v) is 2.12. The number of nitrogens with zero attached hydrogens (tertiary/aromatic N) is 2. The molecule has 0 aliphatic heterocycles. The second-order valence-corrected chi connectivity index (χ2v) is 4.14. The average Bonchev–Trinajstić information content (AvgIpc) is 2.43. The topological polar surface area (TPSA) is 161 Å². The van der Waals surface area contributed by atoms with E-state index >= 15 is 0 Å². The van der Waals surface area contributed by atoms with Crippen molar-refractivity contribution in [3.05, 3.63) is 55.6 Å². The monoisotopic (exact) mass is 520 g/mol. The summed E-state index contributed by atoms with van der Waals surface area (Å²) in [4.78, 5) is 42.6. The van der Waals surface area contributed by atoms with Crippen LogP contribution in [0, 0.1) is 20.2 Å². The summed E-state index contributed by atoms with van der Waals surface area (Å²) in [5.74, 6) is -3.11. The van der Waals surface area contributed by atoms with E-state index < -0.39 is 55.1 Å². The van der Waals surface area contributed by atoms with Crippen molar-refractivity contribution in [2.24, 2.45) is 0 Å². The van der Waals surface area contributed by atoms with Gasteiger partial charge in [0.1, 0.15) is 5.39 Å². The fraction of sp³-hybridized carbons (Fsp3) is 0. The Labute approximate surface area is 163 Å². The minimum atomic E-state index is -1.55. The molecule has 0 aliphatic rings. The third-order valence-electron chi connectivity index (χ3n) is 2.97. The first-order valence-electron chi connectivity index (χ1n) is 5.60. The maximum absolute atomic E-state index is 11.2. The molecule has 0 aliphatic carbocycles. The molecule has 0 bridgehead atoms. The Morgan fingerprint density at radius 2 is 1.08 bits per heavy atom. The number of fused-ring (bicyclic) bond motifs is 1. The molecule has 0 fully saturated rings. The van der Waals surface area contributed by atoms with E-state index in [0.717, 1.165) is 24.3 Å². The van der Waals surface area contributed by atoms with Crippen LogP contribution in [0.25, 0.3) is 10.8 Å². The number of aromatic carboxylic acids is 2. The van der Waals surface area contributed by atoms with E-state index in [4.69, 9.17) is 10.2 Å². The zero-order valence-electron chi connectivity index (χ0n) is 11.2. The Bertz CT molecular complexity index is 730. The third kappa shape index (κ3) is 3.70. The van der Waals surface area contributed by atoms with Gasteiger partial charge in [-0.25, -0.2) is 9.59 Å². The van der Waals surface area contributed by atoms with Crippen molar-refractivity contribution < 1.29 is 74.4 Å². The van der Waals surface area contributed by atoms with Crippen molar-refractivity contribution in [3.63, 3.8) is 0 Å². The second-order valence-electron chi connectivity index (χ2n) is 4.14. The molecule has 0 spiro atoms. The SMILES string of the molecule is O=C(O)c1ccc([N+](=O)[O-])c2c([N+](=O)[O-])ccc(C(=O)O)c12.[Ag].[Ag]. The Balaban J connectivity index is 0.00000264. The Morgan fingerprint density at radius 3 is 1.33 bits per heavy atom. The first kappa shape index (κ1) is 21.9. The molecule has 2 radical (unpaired) electrons. The maximum atomic E-state index is 11.2. The quantitative estimate of drug-likeness (QED) is 0.351. The van der Waals surface area contributed by atoms with E-state index in [-0.39, 0.29) is 44.8 Å². The molecule has 2 aromatic carbocycles. The van der Waals surface area contributed by atoms with E-state index in [9.17, 15) is 29.8 Å². The summed E-state index contributed by atoms with van der Waals surface area (Å²) in [6, 6.07) is 3.28. The van der Waals surface area contributed by atoms with E-state index in [1.807, 2.05) is 0 Å². The number of hydrogen-bond donors (Lipinski definition) is 2. The molecule has 0 atom stereocenters. The predicted molar refractivity (Wildman–Crippen MR) is 71.2 cm³/mol. The summed E-state index contributed by atoms with van der Waals surface area (Å²) >= 11 is 0. The molecule has 2 N–H and O–H groups in total. The first-order valence-corrected chi connectivity index (χ1v) is 5.60. The summed E-state index contributed by atoms with van der Waals surface area (Å²) in [6.07, 6.45) is 0. The summed E-state index contributed by atoms with van der Waals surface area (Å²) in [5.41, 5.74) is -2.62. The summed E-state index contributed by atoms with van der Waals surface area (Å²) in [5, 5.41) is 39.1. The maximum Gasteiger partial charge on any atom is 0.336 e. The van der Waals surface area contributed by atoms with Crippen molar-refractivity contribution in [2.75, 3.05) is 0 Å². The number of carboxylic acids is 2. The van der Waals surface area contributed by atoms with Gasteiger partial charge in [0.15, 0.2) is 0 Å². The average molecular weight is 522 g/mol. The van der Waals surface area contributed by atoms with Gasteiger partial charge in [0, 0.05) is 62.3 Å². The van der Waals surface area contributed by atoms with Gasteiger partial charge in [-0.1, -0.05) is 0 Å². The molecule has 0 unspecified atom stereocenters. The van der Waals surface area contributed by atoms with Gasteiger partial charge in [0.05, 0.1) is 21.0 Å². The number of non-ortho nitro benzene ring substituents is 2. The number of rotatable bonds is 4. The molecule has 0 aromatic heterocycles. The standard InChI is InChI=1S/C12H6N2O8.2Ag/c15-11(16)5-1-3-7(13(19)20)10-8(14(21)22)4-2-6(9(5)10)12(17)18;;/h1-4H,(H,15,16)(H,17,18);;. The van der Waals surface area contributed by atoms with Crippen LogP contribution in [0.3, 0.4) is 0 Å². The molecule has 10 nitrogen and oxygen atoms in total. The Hall–Kier alpha value is -2.08. The number of nitro groups is 2. The molecule has 12 heteroatoms. The second kappa shape index (κ2) is 8.15. The van der Waals surface area contributed by atoms with Crippen molar-refractivity contribution in [1.29, 1.82) is 0 Å². The molecule has 0 amide bonds. The van der Waals surface area contributed by atoms with E-state index in [1.54, 1.807) is 0 Å². The van der Waals surface area contributed by atoms with Gasteiger partial charge < -0.3 is 10.2 Å².